The zero-order chi connectivity index (χ0) is 19.9. The number of carbonyl (C=O) groups excluding carboxylic acids is 1. The van der Waals surface area contributed by atoms with Crippen LogP contribution in [0, 0.1) is 11.3 Å². The van der Waals surface area contributed by atoms with Crippen molar-refractivity contribution in [2.75, 3.05) is 19.8 Å². The second kappa shape index (κ2) is 9.24. The summed E-state index contributed by atoms with van der Waals surface area (Å²) in [7, 11) is 0. The Morgan fingerprint density at radius 1 is 1.48 bits per heavy atom. The lowest BCUT2D eigenvalue weighted by Gasteiger charge is -2.42. The number of hydrogen-bond donors (Lipinski definition) is 2. The van der Waals surface area contributed by atoms with E-state index in [1.165, 1.54) is 12.3 Å². The van der Waals surface area contributed by atoms with Gasteiger partial charge in [-0.3, -0.25) is 0 Å². The molecule has 1 aromatic rings. The first kappa shape index (κ1) is 20.5. The van der Waals surface area contributed by atoms with Gasteiger partial charge in [0.2, 0.25) is 0 Å². The van der Waals surface area contributed by atoms with Gasteiger partial charge in [0.15, 0.2) is 0 Å². The number of aliphatic hydroxyl groups is 1. The summed E-state index contributed by atoms with van der Waals surface area (Å²) >= 11 is 0. The third-order valence-electron chi connectivity index (χ3n) is 4.18. The van der Waals surface area contributed by atoms with E-state index in [-0.39, 0.29) is 13.2 Å². The number of nitrogens with one attached hydrogen (secondary N) is 1. The summed E-state index contributed by atoms with van der Waals surface area (Å²) in [5.74, 6) is 2.78. The molecule has 7 heteroatoms. The number of ether oxygens (including phenoxy) is 3. The lowest BCUT2D eigenvalue weighted by Crippen LogP contribution is -2.52. The average Bonchev–Trinajstić information content (AvgIpc) is 2.65. The van der Waals surface area contributed by atoms with Crippen LogP contribution in [0.1, 0.15) is 37.9 Å². The largest absolute Gasteiger partial charge is 0.494 e. The first-order valence-corrected chi connectivity index (χ1v) is 8.70. The van der Waals surface area contributed by atoms with Crippen LogP contribution in [0.25, 0.3) is 0 Å². The Balaban J connectivity index is 2.22. The van der Waals surface area contributed by atoms with Crippen molar-refractivity contribution in [3.63, 3.8) is 0 Å². The fourth-order valence-corrected chi connectivity index (χ4v) is 2.84. The molecule has 0 radical (unpaired) electrons. The van der Waals surface area contributed by atoms with Crippen molar-refractivity contribution in [3.8, 4) is 11.8 Å². The summed E-state index contributed by atoms with van der Waals surface area (Å²) in [4.78, 5) is 10.2. The zero-order valence-corrected chi connectivity index (χ0v) is 15.7. The van der Waals surface area contributed by atoms with Crippen LogP contribution in [0.3, 0.4) is 0 Å². The topological polar surface area (TPSA) is 101 Å². The fraction of sp³-hybridized carbons (Fsp3) is 0.450. The van der Waals surface area contributed by atoms with Crippen LogP contribution in [-0.4, -0.2) is 42.5 Å². The molecule has 144 valence electrons. The molecule has 2 N–H and O–H groups in total. The second-order valence-corrected chi connectivity index (χ2v) is 6.55. The molecular formula is C20H24N2O5. The molecular weight excluding hydrogens is 348 g/mol. The minimum Gasteiger partial charge on any atom is -0.494 e. The minimum absolute atomic E-state index is 0.0986. The monoisotopic (exact) mass is 372 g/mol. The highest BCUT2D eigenvalue weighted by molar-refractivity contribution is 5.46. The zero-order valence-electron chi connectivity index (χ0n) is 15.7. The molecule has 0 saturated heterocycles. The van der Waals surface area contributed by atoms with E-state index in [0.717, 1.165) is 0 Å². The van der Waals surface area contributed by atoms with Crippen molar-refractivity contribution in [3.05, 3.63) is 47.4 Å². The lowest BCUT2D eigenvalue weighted by atomic mass is 9.86. The van der Waals surface area contributed by atoms with Crippen molar-refractivity contribution in [1.82, 2.24) is 5.32 Å². The van der Waals surface area contributed by atoms with Gasteiger partial charge >= 0.3 is 0 Å². The van der Waals surface area contributed by atoms with Gasteiger partial charge in [0.05, 0.1) is 30.8 Å². The lowest BCUT2D eigenvalue weighted by molar-refractivity contribution is -0.0645. The van der Waals surface area contributed by atoms with Gasteiger partial charge < -0.3 is 24.6 Å². The quantitative estimate of drug-likeness (QED) is 0.409. The van der Waals surface area contributed by atoms with Gasteiger partial charge in [0.1, 0.15) is 42.0 Å². The van der Waals surface area contributed by atoms with E-state index in [1.807, 2.05) is 20.8 Å². The van der Waals surface area contributed by atoms with E-state index in [9.17, 15) is 15.2 Å². The van der Waals surface area contributed by atoms with E-state index < -0.39 is 17.7 Å². The van der Waals surface area contributed by atoms with Crippen LogP contribution < -0.4 is 10.1 Å². The van der Waals surface area contributed by atoms with E-state index in [4.69, 9.17) is 14.2 Å². The van der Waals surface area contributed by atoms with Crippen LogP contribution in [0.2, 0.25) is 0 Å². The number of aliphatic hydroxyl groups excluding tert-OH is 1. The average molecular weight is 372 g/mol. The third-order valence-corrected chi connectivity index (χ3v) is 4.18. The van der Waals surface area contributed by atoms with Crippen LogP contribution in [0.5, 0.6) is 5.75 Å². The molecule has 0 spiro atoms. The van der Waals surface area contributed by atoms with Gasteiger partial charge in [-0.2, -0.15) is 5.26 Å². The van der Waals surface area contributed by atoms with Gasteiger partial charge in [-0.15, -0.1) is 0 Å². The molecule has 2 atom stereocenters. The Morgan fingerprint density at radius 2 is 2.26 bits per heavy atom. The Morgan fingerprint density at radius 3 is 2.93 bits per heavy atom. The molecule has 0 aromatic heterocycles. The molecule has 0 bridgehead atoms. The Hall–Kier alpha value is -2.78. The highest BCUT2D eigenvalue weighted by Crippen LogP contribution is 2.40. The summed E-state index contributed by atoms with van der Waals surface area (Å²) in [5.41, 5.74) is 0.390. The van der Waals surface area contributed by atoms with E-state index in [1.54, 1.807) is 24.1 Å². The van der Waals surface area contributed by atoms with Crippen LogP contribution in [0.15, 0.2) is 36.3 Å². The number of nitrogens with zero attached hydrogens (tertiary/aromatic N) is 1. The number of benzene rings is 1. The maximum Gasteiger partial charge on any atom is 0.144 e. The molecule has 0 saturated carbocycles. The van der Waals surface area contributed by atoms with Crippen LogP contribution >= 0.6 is 0 Å². The van der Waals surface area contributed by atoms with Gasteiger partial charge in [-0.25, -0.2) is 4.79 Å². The third kappa shape index (κ3) is 5.11. The summed E-state index contributed by atoms with van der Waals surface area (Å²) in [6.45, 7) is 6.29. The van der Waals surface area contributed by atoms with Gasteiger partial charge in [-0.05, 0) is 39.0 Å². The van der Waals surface area contributed by atoms with Gasteiger partial charge in [0.25, 0.3) is 0 Å². The van der Waals surface area contributed by atoms with Crippen LogP contribution in [0.4, 0.5) is 0 Å². The Kier molecular flexibility index (Phi) is 7.03. The first-order valence-electron chi connectivity index (χ1n) is 8.70. The summed E-state index contributed by atoms with van der Waals surface area (Å²) in [6.07, 6.45) is 1.80. The molecule has 0 fully saturated rings. The molecule has 0 aliphatic carbocycles. The Bertz CT molecular complexity index is 775. The smallest absolute Gasteiger partial charge is 0.144 e. The maximum absolute atomic E-state index is 10.8. The molecule has 0 amide bonds. The summed E-state index contributed by atoms with van der Waals surface area (Å²) < 4.78 is 16.7. The Labute approximate surface area is 158 Å². The predicted molar refractivity (Wildman–Crippen MR) is 98.5 cm³/mol. The number of nitriles is 1. The molecule has 1 aromatic carbocycles. The first-order chi connectivity index (χ1) is 12.9. The van der Waals surface area contributed by atoms with Crippen molar-refractivity contribution >= 4 is 5.94 Å². The molecule has 2 rings (SSSR count). The molecule has 1 aliphatic rings. The van der Waals surface area contributed by atoms with Crippen molar-refractivity contribution in [2.24, 2.45) is 0 Å². The minimum atomic E-state index is -0.847. The van der Waals surface area contributed by atoms with Crippen molar-refractivity contribution in [2.45, 2.75) is 38.5 Å². The van der Waals surface area contributed by atoms with Gasteiger partial charge in [-0.1, -0.05) is 0 Å². The normalized spacial score (nSPS) is 20.5. The molecule has 1 heterocycles. The van der Waals surface area contributed by atoms with E-state index >= 15 is 0 Å². The van der Waals surface area contributed by atoms with Crippen molar-refractivity contribution < 1.29 is 24.1 Å². The fourth-order valence-electron chi connectivity index (χ4n) is 2.84. The highest BCUT2D eigenvalue weighted by Gasteiger charge is 2.42. The second-order valence-electron chi connectivity index (χ2n) is 6.55. The van der Waals surface area contributed by atoms with Gasteiger partial charge in [0, 0.05) is 11.6 Å². The van der Waals surface area contributed by atoms with Crippen LogP contribution in [-0.2, 0) is 14.3 Å². The standard InChI is InChI=1S/C20H24N2O5/c1-4-26-15(13-25-9-5-8-23)12-22-18-16-10-14(11-21)6-7-17(16)27-20(2,3)19(18)24/h5-7,10,13,18-19,22,24H,4,9,12H2,1-3H3/t18-,19+/m0/s1. The van der Waals surface area contributed by atoms with Crippen molar-refractivity contribution in [1.29, 1.82) is 5.26 Å². The molecule has 27 heavy (non-hydrogen) atoms. The predicted octanol–water partition coefficient (Wildman–Crippen LogP) is 2.00. The molecule has 1 aliphatic heterocycles. The number of hydrogen-bond acceptors (Lipinski definition) is 7. The SMILES string of the molecule is CCOC(=COCC=C=O)CN[C@H]1c2cc(C#N)ccc2OC(C)(C)[C@@H]1O. The molecule has 7 nitrogen and oxygen atoms in total. The van der Waals surface area contributed by atoms with E-state index in [0.29, 0.717) is 29.2 Å². The number of rotatable bonds is 8. The van der Waals surface area contributed by atoms with E-state index in [2.05, 4.69) is 11.4 Å². The highest BCUT2D eigenvalue weighted by atomic mass is 16.5. The number of fused-ring (bicyclic) bond motifs is 1. The maximum atomic E-state index is 10.8. The molecule has 0 unspecified atom stereocenters. The summed E-state index contributed by atoms with van der Waals surface area (Å²) in [5, 5.41) is 23.2. The summed E-state index contributed by atoms with van der Waals surface area (Å²) in [6, 6.07) is 6.77.